The topological polar surface area (TPSA) is 132 Å². The molecule has 10 nitrogen and oxygen atoms in total. The fourth-order valence-electron chi connectivity index (χ4n) is 2.76. The monoisotopic (exact) mass is 397 g/mol. The van der Waals surface area contributed by atoms with E-state index in [-0.39, 0.29) is 11.5 Å². The SMILES string of the molecule is COCCCn1c(N/N=C\c2ccc(O)c([N+](=O)[O-])c2)nc2ccccc2c1=O. The van der Waals surface area contributed by atoms with Gasteiger partial charge in [0.05, 0.1) is 22.0 Å². The van der Waals surface area contributed by atoms with Crippen LogP contribution in [-0.2, 0) is 11.3 Å². The second-order valence-electron chi connectivity index (χ2n) is 6.13. The summed E-state index contributed by atoms with van der Waals surface area (Å²) in [6.07, 6.45) is 1.95. The number of methoxy groups -OCH3 is 1. The summed E-state index contributed by atoms with van der Waals surface area (Å²) in [6, 6.07) is 10.9. The largest absolute Gasteiger partial charge is 0.502 e. The van der Waals surface area contributed by atoms with Crippen LogP contribution in [0, 0.1) is 10.1 Å². The minimum atomic E-state index is -0.682. The van der Waals surface area contributed by atoms with Gasteiger partial charge < -0.3 is 9.84 Å². The molecule has 0 atom stereocenters. The van der Waals surface area contributed by atoms with Crippen LogP contribution in [0.25, 0.3) is 10.9 Å². The van der Waals surface area contributed by atoms with Crippen LogP contribution < -0.4 is 11.0 Å². The molecule has 0 bridgehead atoms. The molecule has 3 aromatic rings. The summed E-state index contributed by atoms with van der Waals surface area (Å²) in [6.45, 7) is 0.867. The van der Waals surface area contributed by atoms with Gasteiger partial charge in [-0.3, -0.25) is 19.5 Å². The maximum Gasteiger partial charge on any atom is 0.311 e. The number of hydrogen-bond acceptors (Lipinski definition) is 8. The van der Waals surface area contributed by atoms with Crippen molar-refractivity contribution in [2.75, 3.05) is 19.1 Å². The predicted molar refractivity (Wildman–Crippen MR) is 108 cm³/mol. The first-order chi connectivity index (χ1) is 14.0. The third-order valence-corrected chi connectivity index (χ3v) is 4.17. The Morgan fingerprint density at radius 1 is 1.34 bits per heavy atom. The lowest BCUT2D eigenvalue weighted by molar-refractivity contribution is -0.385. The molecule has 150 valence electrons. The number of phenols is 1. The summed E-state index contributed by atoms with van der Waals surface area (Å²) in [5.41, 5.74) is 3.03. The van der Waals surface area contributed by atoms with E-state index in [0.29, 0.717) is 36.0 Å². The highest BCUT2D eigenvalue weighted by Gasteiger charge is 2.13. The number of nitrogens with one attached hydrogen (secondary N) is 1. The zero-order chi connectivity index (χ0) is 20.8. The number of rotatable bonds is 8. The van der Waals surface area contributed by atoms with Crippen molar-refractivity contribution in [3.63, 3.8) is 0 Å². The molecule has 1 aromatic heterocycles. The molecule has 0 unspecified atom stereocenters. The molecule has 0 saturated heterocycles. The van der Waals surface area contributed by atoms with Crippen molar-refractivity contribution in [3.05, 3.63) is 68.5 Å². The molecular weight excluding hydrogens is 378 g/mol. The number of para-hydroxylation sites is 1. The second-order valence-corrected chi connectivity index (χ2v) is 6.13. The molecule has 0 aliphatic rings. The standard InChI is InChI=1S/C19H19N5O5/c1-29-10-4-9-23-18(26)14-5-2-3-6-15(14)21-19(23)22-20-12-13-7-8-17(25)16(11-13)24(27)28/h2-3,5-8,11-12,25H,4,9-10H2,1H3,(H,21,22)/b20-12-. The zero-order valence-corrected chi connectivity index (χ0v) is 15.6. The van der Waals surface area contributed by atoms with Gasteiger partial charge in [-0.25, -0.2) is 10.4 Å². The minimum absolute atomic E-state index is 0.204. The van der Waals surface area contributed by atoms with E-state index in [2.05, 4.69) is 15.5 Å². The van der Waals surface area contributed by atoms with Crippen LogP contribution in [0.3, 0.4) is 0 Å². The smallest absolute Gasteiger partial charge is 0.311 e. The maximum atomic E-state index is 12.8. The van der Waals surface area contributed by atoms with E-state index in [4.69, 9.17) is 4.74 Å². The average molecular weight is 397 g/mol. The van der Waals surface area contributed by atoms with Gasteiger partial charge >= 0.3 is 5.69 Å². The van der Waals surface area contributed by atoms with Crippen molar-refractivity contribution >= 4 is 28.8 Å². The van der Waals surface area contributed by atoms with Crippen molar-refractivity contribution in [2.24, 2.45) is 5.10 Å². The molecule has 0 spiro atoms. The van der Waals surface area contributed by atoms with Crippen LogP contribution in [0.15, 0.2) is 52.4 Å². The Morgan fingerprint density at radius 3 is 2.90 bits per heavy atom. The number of hydrazone groups is 1. The fraction of sp³-hybridized carbons (Fsp3) is 0.211. The summed E-state index contributed by atoms with van der Waals surface area (Å²) in [4.78, 5) is 27.5. The zero-order valence-electron chi connectivity index (χ0n) is 15.6. The lowest BCUT2D eigenvalue weighted by Crippen LogP contribution is -2.24. The number of nitrogens with zero attached hydrogens (tertiary/aromatic N) is 4. The molecule has 3 rings (SSSR count). The van der Waals surface area contributed by atoms with E-state index >= 15 is 0 Å². The summed E-state index contributed by atoms with van der Waals surface area (Å²) >= 11 is 0. The number of anilines is 1. The summed E-state index contributed by atoms with van der Waals surface area (Å²) in [5.74, 6) is -0.183. The third-order valence-electron chi connectivity index (χ3n) is 4.17. The number of aromatic nitrogens is 2. The van der Waals surface area contributed by atoms with Crippen LogP contribution in [0.5, 0.6) is 5.75 Å². The van der Waals surface area contributed by atoms with Crippen molar-refractivity contribution in [1.82, 2.24) is 9.55 Å². The lowest BCUT2D eigenvalue weighted by Gasteiger charge is -2.12. The van der Waals surface area contributed by atoms with E-state index in [1.54, 1.807) is 31.4 Å². The first kappa shape index (κ1) is 20.0. The molecule has 0 aliphatic carbocycles. The highest BCUT2D eigenvalue weighted by Crippen LogP contribution is 2.25. The van der Waals surface area contributed by atoms with Gasteiger partial charge in [0.1, 0.15) is 0 Å². The van der Waals surface area contributed by atoms with Gasteiger partial charge in [0.25, 0.3) is 5.56 Å². The average Bonchev–Trinajstić information content (AvgIpc) is 2.71. The predicted octanol–water partition coefficient (Wildman–Crippen LogP) is 2.49. The highest BCUT2D eigenvalue weighted by molar-refractivity contribution is 5.82. The second kappa shape index (κ2) is 8.93. The number of ether oxygens (including phenoxy) is 1. The van der Waals surface area contributed by atoms with E-state index in [9.17, 15) is 20.0 Å². The maximum absolute atomic E-state index is 12.8. The van der Waals surface area contributed by atoms with Crippen LogP contribution in [0.1, 0.15) is 12.0 Å². The van der Waals surface area contributed by atoms with Gasteiger partial charge in [0.15, 0.2) is 5.75 Å². The Bertz CT molecular complexity index is 1130. The Labute approximate surface area is 165 Å². The van der Waals surface area contributed by atoms with E-state index in [1.807, 2.05) is 0 Å². The summed E-state index contributed by atoms with van der Waals surface area (Å²) in [5, 5.41) is 25.0. The van der Waals surface area contributed by atoms with Crippen molar-refractivity contribution in [3.8, 4) is 5.75 Å². The van der Waals surface area contributed by atoms with Crippen LogP contribution >= 0.6 is 0 Å². The van der Waals surface area contributed by atoms with E-state index < -0.39 is 16.4 Å². The van der Waals surface area contributed by atoms with Crippen molar-refractivity contribution in [2.45, 2.75) is 13.0 Å². The quantitative estimate of drug-likeness (QED) is 0.258. The summed E-state index contributed by atoms with van der Waals surface area (Å²) < 4.78 is 6.52. The van der Waals surface area contributed by atoms with Crippen LogP contribution in [0.2, 0.25) is 0 Å². The van der Waals surface area contributed by atoms with Gasteiger partial charge in [-0.15, -0.1) is 0 Å². The molecule has 2 N–H and O–H groups in total. The Hall–Kier alpha value is -3.79. The molecule has 0 amide bonds. The van der Waals surface area contributed by atoms with Gasteiger partial charge in [0.2, 0.25) is 5.95 Å². The normalized spacial score (nSPS) is 11.2. The first-order valence-corrected chi connectivity index (χ1v) is 8.76. The number of phenolic OH excluding ortho intramolecular Hbond substituents is 1. The van der Waals surface area contributed by atoms with Gasteiger partial charge in [-0.05, 0) is 30.7 Å². The fourth-order valence-corrected chi connectivity index (χ4v) is 2.76. The Morgan fingerprint density at radius 2 is 2.14 bits per heavy atom. The van der Waals surface area contributed by atoms with Gasteiger partial charge in [0, 0.05) is 31.9 Å². The molecule has 0 saturated carbocycles. The number of aromatic hydroxyl groups is 1. The molecule has 1 heterocycles. The highest BCUT2D eigenvalue weighted by atomic mass is 16.6. The third kappa shape index (κ3) is 4.55. The molecule has 0 fully saturated rings. The minimum Gasteiger partial charge on any atom is -0.502 e. The summed E-state index contributed by atoms with van der Waals surface area (Å²) in [7, 11) is 1.59. The van der Waals surface area contributed by atoms with E-state index in [1.165, 1.54) is 29.0 Å². The number of nitro groups is 1. The number of fused-ring (bicyclic) bond motifs is 1. The molecule has 10 heteroatoms. The van der Waals surface area contributed by atoms with Crippen LogP contribution in [-0.4, -0.2) is 39.5 Å². The van der Waals surface area contributed by atoms with E-state index in [0.717, 1.165) is 0 Å². The van der Waals surface area contributed by atoms with Crippen LogP contribution in [0.4, 0.5) is 11.6 Å². The van der Waals surface area contributed by atoms with Crippen molar-refractivity contribution in [1.29, 1.82) is 0 Å². The lowest BCUT2D eigenvalue weighted by atomic mass is 10.2. The van der Waals surface area contributed by atoms with Crippen molar-refractivity contribution < 1.29 is 14.8 Å². The Balaban J connectivity index is 1.91. The number of nitro benzene ring substituents is 1. The number of hydrogen-bond donors (Lipinski definition) is 2. The first-order valence-electron chi connectivity index (χ1n) is 8.76. The Kier molecular flexibility index (Phi) is 6.15. The number of benzene rings is 2. The molecule has 2 aromatic carbocycles. The van der Waals surface area contributed by atoms with Gasteiger partial charge in [-0.2, -0.15) is 5.10 Å². The van der Waals surface area contributed by atoms with Gasteiger partial charge in [-0.1, -0.05) is 12.1 Å². The molecule has 29 heavy (non-hydrogen) atoms. The molecular formula is C19H19N5O5. The molecule has 0 radical (unpaired) electrons. The molecule has 0 aliphatic heterocycles.